The highest BCUT2D eigenvalue weighted by Gasteiger charge is 2.46. The van der Waals surface area contributed by atoms with Crippen molar-refractivity contribution in [3.05, 3.63) is 77.4 Å². The number of aromatic nitrogens is 2. The Morgan fingerprint density at radius 3 is 2.55 bits per heavy atom. The predicted molar refractivity (Wildman–Crippen MR) is 110 cm³/mol. The van der Waals surface area contributed by atoms with E-state index in [0.717, 1.165) is 22.0 Å². The molecule has 1 aliphatic rings. The Hall–Kier alpha value is -3.41. The van der Waals surface area contributed by atoms with Crippen LogP contribution in [0.3, 0.4) is 0 Å². The number of carbonyl (C=O) groups excluding carboxylic acids is 2. The number of benzene rings is 1. The lowest BCUT2D eigenvalue weighted by Crippen LogP contribution is -2.32. The number of aliphatic hydroxyl groups is 1. The summed E-state index contributed by atoms with van der Waals surface area (Å²) < 4.78 is 0. The Kier molecular flexibility index (Phi) is 4.49. The second kappa shape index (κ2) is 6.88. The molecule has 1 amide bonds. The highest BCUT2D eigenvalue weighted by molar-refractivity contribution is 6.11. The number of Topliss-reactive ketones (excluding diaryl/α,β-unsaturated/α-hetero) is 1. The lowest BCUT2D eigenvalue weighted by Gasteiger charge is -2.28. The van der Waals surface area contributed by atoms with E-state index < -0.39 is 23.1 Å². The van der Waals surface area contributed by atoms with Crippen LogP contribution in [0.25, 0.3) is 10.9 Å². The molecule has 2 aromatic heterocycles. The topological polar surface area (TPSA) is 86.3 Å². The summed E-state index contributed by atoms with van der Waals surface area (Å²) in [5, 5.41) is 11.6. The number of rotatable bonds is 4. The Balaban J connectivity index is 1.88. The van der Waals surface area contributed by atoms with Gasteiger partial charge in [0.25, 0.3) is 5.91 Å². The third-order valence-corrected chi connectivity index (χ3v) is 5.25. The first-order valence-corrected chi connectivity index (χ1v) is 9.53. The highest BCUT2D eigenvalue weighted by Crippen LogP contribution is 2.43. The van der Waals surface area contributed by atoms with E-state index in [-0.39, 0.29) is 17.9 Å². The zero-order valence-electron chi connectivity index (χ0n) is 16.6. The minimum atomic E-state index is -0.735. The maximum Gasteiger partial charge on any atom is 0.290 e. The summed E-state index contributed by atoms with van der Waals surface area (Å²) in [7, 11) is 0. The lowest BCUT2D eigenvalue weighted by atomic mass is 9.82. The first kappa shape index (κ1) is 18.9. The normalized spacial score (nSPS) is 17.4. The molecule has 0 spiro atoms. The third kappa shape index (κ3) is 3.20. The smallest absolute Gasteiger partial charge is 0.290 e. The van der Waals surface area contributed by atoms with Crippen LogP contribution in [-0.2, 0) is 16.1 Å². The number of hydrogen-bond acceptors (Lipinski definition) is 4. The van der Waals surface area contributed by atoms with Crippen molar-refractivity contribution in [1.82, 2.24) is 14.9 Å². The maximum atomic E-state index is 13.2. The van der Waals surface area contributed by atoms with Crippen LogP contribution in [-0.4, -0.2) is 31.7 Å². The minimum Gasteiger partial charge on any atom is -0.503 e. The third-order valence-electron chi connectivity index (χ3n) is 5.25. The molecule has 0 bridgehead atoms. The fraction of sp³-hybridized carbons (Fsp3) is 0.261. The molecule has 0 radical (unpaired) electrons. The van der Waals surface area contributed by atoms with Gasteiger partial charge < -0.3 is 15.0 Å². The summed E-state index contributed by atoms with van der Waals surface area (Å²) in [6.45, 7) is 5.63. The van der Waals surface area contributed by atoms with Crippen LogP contribution in [0.5, 0.6) is 0 Å². The number of nitrogens with one attached hydrogen (secondary N) is 1. The van der Waals surface area contributed by atoms with Gasteiger partial charge >= 0.3 is 0 Å². The van der Waals surface area contributed by atoms with E-state index in [0.29, 0.717) is 0 Å². The molecule has 1 unspecified atom stereocenters. The van der Waals surface area contributed by atoms with Crippen LogP contribution in [0, 0.1) is 5.41 Å². The second-order valence-electron chi connectivity index (χ2n) is 8.32. The number of hydrogen-bond donors (Lipinski definition) is 2. The minimum absolute atomic E-state index is 0.154. The fourth-order valence-electron chi connectivity index (χ4n) is 3.78. The van der Waals surface area contributed by atoms with Crippen molar-refractivity contribution in [1.29, 1.82) is 0 Å². The van der Waals surface area contributed by atoms with Crippen molar-refractivity contribution in [2.24, 2.45) is 5.41 Å². The van der Waals surface area contributed by atoms with Crippen molar-refractivity contribution in [2.45, 2.75) is 33.4 Å². The summed E-state index contributed by atoms with van der Waals surface area (Å²) in [6.07, 6.45) is 5.13. The Morgan fingerprint density at radius 1 is 1.17 bits per heavy atom. The quantitative estimate of drug-likeness (QED) is 0.704. The van der Waals surface area contributed by atoms with Crippen LogP contribution in [0.2, 0.25) is 0 Å². The number of aromatic amines is 1. The number of carbonyl (C=O) groups is 2. The SMILES string of the molecule is CC(C)(C)C(=O)C1=C(O)C(=O)N(Cc2ccncc2)C1c1c[nH]c2ccccc12. The number of ketones is 1. The zero-order chi connectivity index (χ0) is 20.8. The van der Waals surface area contributed by atoms with Crippen LogP contribution < -0.4 is 0 Å². The molecule has 29 heavy (non-hydrogen) atoms. The average molecular weight is 389 g/mol. The van der Waals surface area contributed by atoms with Crippen molar-refractivity contribution < 1.29 is 14.7 Å². The van der Waals surface area contributed by atoms with Crippen LogP contribution in [0.1, 0.15) is 37.9 Å². The van der Waals surface area contributed by atoms with Gasteiger partial charge in [0.2, 0.25) is 0 Å². The molecule has 6 nitrogen and oxygen atoms in total. The van der Waals surface area contributed by atoms with E-state index in [1.165, 1.54) is 0 Å². The summed E-state index contributed by atoms with van der Waals surface area (Å²) in [6, 6.07) is 10.7. The van der Waals surface area contributed by atoms with Crippen molar-refractivity contribution in [3.8, 4) is 0 Å². The number of amides is 1. The molecule has 148 valence electrons. The number of fused-ring (bicyclic) bond motifs is 1. The van der Waals surface area contributed by atoms with Gasteiger partial charge in [-0.2, -0.15) is 0 Å². The van der Waals surface area contributed by atoms with E-state index in [4.69, 9.17) is 0 Å². The Bertz CT molecular complexity index is 1120. The number of para-hydroxylation sites is 1. The zero-order valence-corrected chi connectivity index (χ0v) is 16.6. The summed E-state index contributed by atoms with van der Waals surface area (Å²) >= 11 is 0. The molecule has 1 aromatic carbocycles. The van der Waals surface area contributed by atoms with E-state index in [2.05, 4.69) is 9.97 Å². The molecular weight excluding hydrogens is 366 g/mol. The van der Waals surface area contributed by atoms with E-state index in [1.54, 1.807) is 38.1 Å². The Morgan fingerprint density at radius 2 is 1.86 bits per heavy atom. The van der Waals surface area contributed by atoms with E-state index >= 15 is 0 Å². The fourth-order valence-corrected chi connectivity index (χ4v) is 3.78. The number of H-pyrrole nitrogens is 1. The molecule has 2 N–H and O–H groups in total. The molecule has 0 saturated heterocycles. The molecule has 0 saturated carbocycles. The number of nitrogens with zero attached hydrogens (tertiary/aromatic N) is 2. The molecule has 6 heteroatoms. The van der Waals surface area contributed by atoms with Gasteiger partial charge in [-0.3, -0.25) is 14.6 Å². The molecule has 1 aliphatic heterocycles. The standard InChI is InChI=1S/C23H23N3O3/c1-23(2,3)21(28)18-19(16-12-25-17-7-5-4-6-15(16)17)26(22(29)20(18)27)13-14-8-10-24-11-9-14/h4-12,19,25,27H,13H2,1-3H3. The molecular formula is C23H23N3O3. The van der Waals surface area contributed by atoms with Crippen LogP contribution in [0.4, 0.5) is 0 Å². The van der Waals surface area contributed by atoms with Gasteiger partial charge in [0.05, 0.1) is 11.6 Å². The lowest BCUT2D eigenvalue weighted by molar-refractivity contribution is -0.130. The average Bonchev–Trinajstić information content (AvgIpc) is 3.22. The van der Waals surface area contributed by atoms with Crippen molar-refractivity contribution in [3.63, 3.8) is 0 Å². The molecule has 0 fully saturated rings. The number of pyridine rings is 1. The summed E-state index contributed by atoms with van der Waals surface area (Å²) in [5.41, 5.74) is 1.99. The number of aliphatic hydroxyl groups excluding tert-OH is 1. The molecule has 4 rings (SSSR count). The maximum absolute atomic E-state index is 13.2. The summed E-state index contributed by atoms with van der Waals surface area (Å²) in [4.78, 5) is 35.1. The van der Waals surface area contributed by atoms with Gasteiger partial charge in [-0.15, -0.1) is 0 Å². The highest BCUT2D eigenvalue weighted by atomic mass is 16.3. The molecule has 1 atom stereocenters. The first-order valence-electron chi connectivity index (χ1n) is 9.53. The van der Waals surface area contributed by atoms with Crippen LogP contribution >= 0.6 is 0 Å². The monoisotopic (exact) mass is 389 g/mol. The van der Waals surface area contributed by atoms with Gasteiger partial charge in [-0.1, -0.05) is 39.0 Å². The largest absolute Gasteiger partial charge is 0.503 e. The van der Waals surface area contributed by atoms with Crippen molar-refractivity contribution >= 4 is 22.6 Å². The predicted octanol–water partition coefficient (Wildman–Crippen LogP) is 4.07. The first-order chi connectivity index (χ1) is 13.8. The molecule has 3 heterocycles. The van der Waals surface area contributed by atoms with Gasteiger partial charge in [0, 0.05) is 47.0 Å². The molecule has 3 aromatic rings. The van der Waals surface area contributed by atoms with Crippen LogP contribution in [0.15, 0.2) is 66.3 Å². The Labute approximate surface area is 168 Å². The molecule has 0 aliphatic carbocycles. The van der Waals surface area contributed by atoms with E-state index in [1.807, 2.05) is 42.6 Å². The van der Waals surface area contributed by atoms with Crippen molar-refractivity contribution in [2.75, 3.05) is 0 Å². The summed E-state index contributed by atoms with van der Waals surface area (Å²) in [5.74, 6) is -1.24. The van der Waals surface area contributed by atoms with Gasteiger partial charge in [0.1, 0.15) is 0 Å². The van der Waals surface area contributed by atoms with Gasteiger partial charge in [0.15, 0.2) is 11.5 Å². The van der Waals surface area contributed by atoms with E-state index in [9.17, 15) is 14.7 Å². The van der Waals surface area contributed by atoms with Gasteiger partial charge in [-0.05, 0) is 23.8 Å². The van der Waals surface area contributed by atoms with Gasteiger partial charge in [-0.25, -0.2) is 0 Å². The second-order valence-corrected chi connectivity index (χ2v) is 8.32.